The minimum absolute atomic E-state index is 0.113. The molecule has 1 saturated carbocycles. The molecule has 2 unspecified atom stereocenters. The summed E-state index contributed by atoms with van der Waals surface area (Å²) in [5.41, 5.74) is 3.11. The van der Waals surface area contributed by atoms with Crippen molar-refractivity contribution in [2.75, 3.05) is 26.8 Å². The van der Waals surface area contributed by atoms with Crippen molar-refractivity contribution in [3.8, 4) is 11.5 Å². The van der Waals surface area contributed by atoms with Crippen LogP contribution in [0.5, 0.6) is 11.5 Å². The molecule has 0 radical (unpaired) electrons. The van der Waals surface area contributed by atoms with Gasteiger partial charge >= 0.3 is 6.09 Å². The highest BCUT2D eigenvalue weighted by Gasteiger charge is 2.47. The molecule has 3 aromatic rings. The molecular weight excluding hydrogens is 504 g/mol. The predicted octanol–water partition coefficient (Wildman–Crippen LogP) is 5.95. The number of hydrogen-bond acceptors (Lipinski definition) is 6. The molecule has 3 fully saturated rings. The average molecular weight is 541 g/mol. The molecule has 40 heavy (non-hydrogen) atoms. The van der Waals surface area contributed by atoms with Crippen LogP contribution in [0.25, 0.3) is 0 Å². The number of likely N-dealkylation sites (tertiary alicyclic amines) is 1. The van der Waals surface area contributed by atoms with Crippen LogP contribution in [0.15, 0.2) is 78.9 Å². The molecule has 0 spiro atoms. The zero-order valence-corrected chi connectivity index (χ0v) is 22.9. The molecule has 2 saturated heterocycles. The van der Waals surface area contributed by atoms with Crippen LogP contribution < -0.4 is 9.47 Å². The Balaban J connectivity index is 1.32. The summed E-state index contributed by atoms with van der Waals surface area (Å²) in [6.07, 6.45) is 4.05. The maximum atomic E-state index is 14.3. The van der Waals surface area contributed by atoms with Crippen LogP contribution in [0.3, 0.4) is 0 Å². The van der Waals surface area contributed by atoms with Crippen LogP contribution in [0.4, 0.5) is 4.79 Å². The molecular formula is C33H36N2O5. The highest BCUT2D eigenvalue weighted by molar-refractivity contribution is 5.95. The van der Waals surface area contributed by atoms with Crippen LogP contribution in [0.1, 0.15) is 54.3 Å². The number of methoxy groups -OCH3 is 1. The van der Waals surface area contributed by atoms with E-state index in [1.165, 1.54) is 23.3 Å². The van der Waals surface area contributed by atoms with E-state index in [4.69, 9.17) is 14.2 Å². The average Bonchev–Trinajstić information content (AvgIpc) is 3.74. The zero-order chi connectivity index (χ0) is 27.5. The third-order valence-corrected chi connectivity index (χ3v) is 8.47. The summed E-state index contributed by atoms with van der Waals surface area (Å²) < 4.78 is 17.5. The largest absolute Gasteiger partial charge is 0.493 e. The molecule has 2 aliphatic heterocycles. The summed E-state index contributed by atoms with van der Waals surface area (Å²) in [5.74, 6) is 0.712. The Morgan fingerprint density at radius 1 is 0.900 bits per heavy atom. The summed E-state index contributed by atoms with van der Waals surface area (Å²) in [6, 6.07) is 25.5. The van der Waals surface area contributed by atoms with Gasteiger partial charge in [-0.1, -0.05) is 66.7 Å². The van der Waals surface area contributed by atoms with Gasteiger partial charge in [0.05, 0.1) is 19.1 Å². The lowest BCUT2D eigenvalue weighted by atomic mass is 9.87. The van der Waals surface area contributed by atoms with Gasteiger partial charge in [0.25, 0.3) is 0 Å². The number of rotatable bonds is 8. The van der Waals surface area contributed by atoms with Gasteiger partial charge < -0.3 is 14.2 Å². The van der Waals surface area contributed by atoms with E-state index in [0.29, 0.717) is 18.8 Å². The molecule has 6 rings (SSSR count). The van der Waals surface area contributed by atoms with Crippen molar-refractivity contribution in [2.45, 2.75) is 50.3 Å². The molecule has 208 valence electrons. The molecule has 0 aromatic heterocycles. The summed E-state index contributed by atoms with van der Waals surface area (Å²) >= 11 is 0. The minimum Gasteiger partial charge on any atom is -0.493 e. The number of imide groups is 1. The first-order chi connectivity index (χ1) is 19.6. The SMILES string of the molecule is COc1ccc([C@@H]2CN(Cc3ccccc3)CC2C(=O)N2C(=O)OCC2c2ccccc2)cc1OC1CCCC1. The number of carbonyl (C=O) groups is 2. The van der Waals surface area contributed by atoms with E-state index in [-0.39, 0.29) is 24.5 Å². The fourth-order valence-electron chi connectivity index (χ4n) is 6.41. The normalized spacial score (nSPS) is 23.4. The Labute approximate surface area is 235 Å². The number of cyclic esters (lactones) is 1. The maximum Gasteiger partial charge on any atom is 0.417 e. The smallest absolute Gasteiger partial charge is 0.417 e. The number of ether oxygens (including phenoxy) is 3. The molecule has 7 heteroatoms. The first-order valence-electron chi connectivity index (χ1n) is 14.3. The molecule has 0 N–H and O–H groups in total. The van der Waals surface area contributed by atoms with Gasteiger partial charge in [-0.2, -0.15) is 0 Å². The minimum atomic E-state index is -0.570. The number of nitrogens with zero attached hydrogens (tertiary/aromatic N) is 2. The summed E-state index contributed by atoms with van der Waals surface area (Å²) in [5, 5.41) is 0. The van der Waals surface area contributed by atoms with Gasteiger partial charge in [-0.15, -0.1) is 0 Å². The van der Waals surface area contributed by atoms with Crippen molar-refractivity contribution in [3.05, 3.63) is 95.6 Å². The fraction of sp³-hybridized carbons (Fsp3) is 0.394. The number of benzene rings is 3. The van der Waals surface area contributed by atoms with Crippen molar-refractivity contribution >= 4 is 12.0 Å². The van der Waals surface area contributed by atoms with Crippen LogP contribution in [-0.4, -0.2) is 54.7 Å². The molecule has 2 amide bonds. The zero-order valence-electron chi connectivity index (χ0n) is 22.9. The van der Waals surface area contributed by atoms with Crippen LogP contribution >= 0.6 is 0 Å². The van der Waals surface area contributed by atoms with E-state index in [1.807, 2.05) is 66.7 Å². The standard InChI is InChI=1S/C33H36N2O5/c1-38-30-17-16-25(18-31(30)40-26-14-8-9-15-26)27-20-34(19-23-10-4-2-5-11-23)21-28(27)32(36)35-29(22-39-33(35)37)24-12-6-3-7-13-24/h2-7,10-13,16-18,26-29H,8-9,14-15,19-22H2,1H3/t27-,28?,29?/m0/s1. The molecule has 3 aromatic carbocycles. The Morgan fingerprint density at radius 2 is 1.62 bits per heavy atom. The molecule has 3 aliphatic rings. The predicted molar refractivity (Wildman–Crippen MR) is 151 cm³/mol. The molecule has 0 bridgehead atoms. The van der Waals surface area contributed by atoms with Crippen molar-refractivity contribution < 1.29 is 23.8 Å². The van der Waals surface area contributed by atoms with E-state index < -0.39 is 18.1 Å². The van der Waals surface area contributed by atoms with Gasteiger partial charge in [0.2, 0.25) is 5.91 Å². The van der Waals surface area contributed by atoms with Gasteiger partial charge in [-0.3, -0.25) is 9.69 Å². The molecule has 1 aliphatic carbocycles. The quantitative estimate of drug-likeness (QED) is 0.352. The monoisotopic (exact) mass is 540 g/mol. The summed E-state index contributed by atoms with van der Waals surface area (Å²) in [6.45, 7) is 2.14. The Hall–Kier alpha value is -3.84. The molecule has 3 atom stereocenters. The van der Waals surface area contributed by atoms with Gasteiger partial charge in [0, 0.05) is 25.6 Å². The van der Waals surface area contributed by atoms with Gasteiger partial charge in [0.1, 0.15) is 12.6 Å². The van der Waals surface area contributed by atoms with E-state index in [9.17, 15) is 9.59 Å². The first kappa shape index (κ1) is 26.4. The van der Waals surface area contributed by atoms with Crippen molar-refractivity contribution in [1.82, 2.24) is 9.80 Å². The Bertz CT molecular complexity index is 1330. The highest BCUT2D eigenvalue weighted by atomic mass is 16.6. The van der Waals surface area contributed by atoms with E-state index >= 15 is 0 Å². The van der Waals surface area contributed by atoms with Gasteiger partial charge in [0.15, 0.2) is 11.5 Å². The molecule has 7 nitrogen and oxygen atoms in total. The van der Waals surface area contributed by atoms with E-state index in [0.717, 1.165) is 36.3 Å². The second kappa shape index (κ2) is 11.7. The molecule has 2 heterocycles. The van der Waals surface area contributed by atoms with Gasteiger partial charge in [-0.25, -0.2) is 9.69 Å². The number of carbonyl (C=O) groups excluding carboxylic acids is 2. The van der Waals surface area contributed by atoms with Crippen LogP contribution in [-0.2, 0) is 16.1 Å². The second-order valence-corrected chi connectivity index (χ2v) is 11.0. The summed E-state index contributed by atoms with van der Waals surface area (Å²) in [4.78, 5) is 30.8. The van der Waals surface area contributed by atoms with Crippen LogP contribution in [0, 0.1) is 5.92 Å². The lowest BCUT2D eigenvalue weighted by Crippen LogP contribution is -2.41. The summed E-state index contributed by atoms with van der Waals surface area (Å²) in [7, 11) is 1.66. The third-order valence-electron chi connectivity index (χ3n) is 8.47. The topological polar surface area (TPSA) is 68.3 Å². The second-order valence-electron chi connectivity index (χ2n) is 11.0. The first-order valence-corrected chi connectivity index (χ1v) is 14.3. The van der Waals surface area contributed by atoms with Crippen LogP contribution in [0.2, 0.25) is 0 Å². The van der Waals surface area contributed by atoms with Crippen molar-refractivity contribution in [1.29, 1.82) is 0 Å². The third kappa shape index (κ3) is 5.43. The van der Waals surface area contributed by atoms with Crippen molar-refractivity contribution in [2.24, 2.45) is 5.92 Å². The Kier molecular flexibility index (Phi) is 7.73. The number of hydrogen-bond donors (Lipinski definition) is 0. The van der Waals surface area contributed by atoms with E-state index in [2.05, 4.69) is 17.0 Å². The van der Waals surface area contributed by atoms with Gasteiger partial charge in [-0.05, 0) is 54.5 Å². The lowest BCUT2D eigenvalue weighted by Gasteiger charge is -2.26. The van der Waals surface area contributed by atoms with E-state index in [1.54, 1.807) is 7.11 Å². The Morgan fingerprint density at radius 3 is 2.35 bits per heavy atom. The fourth-order valence-corrected chi connectivity index (χ4v) is 6.41. The maximum absolute atomic E-state index is 14.3. The lowest BCUT2D eigenvalue weighted by molar-refractivity contribution is -0.133. The number of amides is 2. The highest BCUT2D eigenvalue weighted by Crippen LogP contribution is 2.41. The van der Waals surface area contributed by atoms with Crippen molar-refractivity contribution in [3.63, 3.8) is 0 Å².